The first-order chi connectivity index (χ1) is 8.69. The smallest absolute Gasteiger partial charge is 0.165 e. The van der Waals surface area contributed by atoms with Crippen molar-refractivity contribution >= 4 is 0 Å². The van der Waals surface area contributed by atoms with Gasteiger partial charge in [-0.1, -0.05) is 32.9 Å². The minimum atomic E-state index is 0.458. The third-order valence-electron chi connectivity index (χ3n) is 2.51. The van der Waals surface area contributed by atoms with Gasteiger partial charge in [0.1, 0.15) is 0 Å². The molecule has 3 heteroatoms. The maximum absolute atomic E-state index is 5.84. The summed E-state index contributed by atoms with van der Waals surface area (Å²) in [7, 11) is 0. The van der Waals surface area contributed by atoms with Gasteiger partial charge in [0.25, 0.3) is 0 Å². The fraction of sp³-hybridized carbons (Fsp3) is 0.600. The van der Waals surface area contributed by atoms with E-state index in [4.69, 9.17) is 9.47 Å². The Balaban J connectivity index is 2.87. The molecule has 1 aromatic carbocycles. The Hall–Kier alpha value is -1.22. The van der Waals surface area contributed by atoms with Crippen LogP contribution in [-0.2, 0) is 6.54 Å². The van der Waals surface area contributed by atoms with E-state index in [-0.39, 0.29) is 0 Å². The van der Waals surface area contributed by atoms with Gasteiger partial charge in [-0.2, -0.15) is 0 Å². The predicted molar refractivity (Wildman–Crippen MR) is 75.4 cm³/mol. The molecule has 1 N–H and O–H groups in total. The number of benzene rings is 1. The maximum Gasteiger partial charge on any atom is 0.165 e. The molecule has 0 aliphatic heterocycles. The SMILES string of the molecule is CCCOc1c(CNC(C)C)cccc1OCC. The molecule has 18 heavy (non-hydrogen) atoms. The maximum atomic E-state index is 5.84. The third-order valence-corrected chi connectivity index (χ3v) is 2.51. The lowest BCUT2D eigenvalue weighted by atomic mass is 10.1. The Morgan fingerprint density at radius 1 is 1.17 bits per heavy atom. The van der Waals surface area contributed by atoms with Crippen LogP contribution in [0.1, 0.15) is 39.7 Å². The van der Waals surface area contributed by atoms with Crippen molar-refractivity contribution in [2.75, 3.05) is 13.2 Å². The van der Waals surface area contributed by atoms with Gasteiger partial charge in [-0.05, 0) is 19.4 Å². The highest BCUT2D eigenvalue weighted by atomic mass is 16.5. The number of hydrogen-bond acceptors (Lipinski definition) is 3. The van der Waals surface area contributed by atoms with E-state index in [9.17, 15) is 0 Å². The fourth-order valence-electron chi connectivity index (χ4n) is 1.65. The van der Waals surface area contributed by atoms with Crippen molar-refractivity contribution in [2.45, 2.75) is 46.7 Å². The van der Waals surface area contributed by atoms with Gasteiger partial charge >= 0.3 is 0 Å². The molecule has 0 aliphatic carbocycles. The first-order valence-electron chi connectivity index (χ1n) is 6.79. The summed E-state index contributed by atoms with van der Waals surface area (Å²) in [5, 5.41) is 3.41. The average Bonchev–Trinajstić information content (AvgIpc) is 2.35. The van der Waals surface area contributed by atoms with E-state index in [1.54, 1.807) is 0 Å². The second-order valence-electron chi connectivity index (χ2n) is 4.56. The highest BCUT2D eigenvalue weighted by Gasteiger charge is 2.10. The van der Waals surface area contributed by atoms with Gasteiger partial charge in [0.15, 0.2) is 11.5 Å². The average molecular weight is 251 g/mol. The van der Waals surface area contributed by atoms with E-state index in [0.717, 1.165) is 36.6 Å². The number of nitrogens with one attached hydrogen (secondary N) is 1. The van der Waals surface area contributed by atoms with Crippen LogP contribution in [0.2, 0.25) is 0 Å². The van der Waals surface area contributed by atoms with Crippen LogP contribution >= 0.6 is 0 Å². The molecule has 0 spiro atoms. The van der Waals surface area contributed by atoms with Crippen LogP contribution in [0, 0.1) is 0 Å². The highest BCUT2D eigenvalue weighted by molar-refractivity contribution is 5.46. The van der Waals surface area contributed by atoms with Gasteiger partial charge in [-0.3, -0.25) is 0 Å². The van der Waals surface area contributed by atoms with Gasteiger partial charge in [0, 0.05) is 18.2 Å². The van der Waals surface area contributed by atoms with E-state index < -0.39 is 0 Å². The van der Waals surface area contributed by atoms with E-state index in [2.05, 4.69) is 32.2 Å². The Morgan fingerprint density at radius 2 is 1.94 bits per heavy atom. The van der Waals surface area contributed by atoms with Crippen LogP contribution < -0.4 is 14.8 Å². The molecular formula is C15H25NO2. The van der Waals surface area contributed by atoms with Crippen molar-refractivity contribution < 1.29 is 9.47 Å². The largest absolute Gasteiger partial charge is 0.490 e. The number of ether oxygens (including phenoxy) is 2. The second-order valence-corrected chi connectivity index (χ2v) is 4.56. The molecule has 0 unspecified atom stereocenters. The minimum absolute atomic E-state index is 0.458. The predicted octanol–water partition coefficient (Wildman–Crippen LogP) is 3.37. The van der Waals surface area contributed by atoms with E-state index in [1.807, 2.05) is 19.1 Å². The first-order valence-corrected chi connectivity index (χ1v) is 6.79. The van der Waals surface area contributed by atoms with Crippen LogP contribution in [0.3, 0.4) is 0 Å². The Bertz CT molecular complexity index is 350. The van der Waals surface area contributed by atoms with Crippen LogP contribution in [0.5, 0.6) is 11.5 Å². The third kappa shape index (κ3) is 4.57. The van der Waals surface area contributed by atoms with Crippen molar-refractivity contribution in [3.05, 3.63) is 23.8 Å². The van der Waals surface area contributed by atoms with Crippen LogP contribution in [0.25, 0.3) is 0 Å². The molecule has 0 aliphatic rings. The molecule has 0 amide bonds. The zero-order valence-electron chi connectivity index (χ0n) is 12.0. The van der Waals surface area contributed by atoms with Crippen LogP contribution in [-0.4, -0.2) is 19.3 Å². The molecule has 0 bridgehead atoms. The standard InChI is InChI=1S/C15H25NO2/c1-5-10-18-15-13(11-16-12(3)4)8-7-9-14(15)17-6-2/h7-9,12,16H,5-6,10-11H2,1-4H3. The topological polar surface area (TPSA) is 30.5 Å². The lowest BCUT2D eigenvalue weighted by Gasteiger charge is -2.17. The molecule has 0 saturated heterocycles. The molecule has 0 aromatic heterocycles. The molecule has 1 rings (SSSR count). The van der Waals surface area contributed by atoms with Gasteiger partial charge in [0.2, 0.25) is 0 Å². The van der Waals surface area contributed by atoms with Gasteiger partial charge < -0.3 is 14.8 Å². The van der Waals surface area contributed by atoms with Crippen molar-refractivity contribution in [2.24, 2.45) is 0 Å². The number of rotatable bonds is 8. The molecule has 0 atom stereocenters. The molecule has 3 nitrogen and oxygen atoms in total. The van der Waals surface area contributed by atoms with Crippen molar-refractivity contribution in [3.63, 3.8) is 0 Å². The Morgan fingerprint density at radius 3 is 2.56 bits per heavy atom. The normalized spacial score (nSPS) is 10.7. The number of para-hydroxylation sites is 1. The lowest BCUT2D eigenvalue weighted by molar-refractivity contribution is 0.273. The monoisotopic (exact) mass is 251 g/mol. The molecule has 0 fully saturated rings. The minimum Gasteiger partial charge on any atom is -0.490 e. The quantitative estimate of drug-likeness (QED) is 0.768. The molecule has 0 heterocycles. The summed E-state index contributed by atoms with van der Waals surface area (Å²) in [6.45, 7) is 10.6. The van der Waals surface area contributed by atoms with Crippen LogP contribution in [0.4, 0.5) is 0 Å². The second kappa shape index (κ2) is 7.98. The molecule has 102 valence electrons. The summed E-state index contributed by atoms with van der Waals surface area (Å²) in [4.78, 5) is 0. The lowest BCUT2D eigenvalue weighted by Crippen LogP contribution is -2.22. The van der Waals surface area contributed by atoms with E-state index >= 15 is 0 Å². The van der Waals surface area contributed by atoms with Gasteiger partial charge in [-0.25, -0.2) is 0 Å². The molecule has 0 radical (unpaired) electrons. The van der Waals surface area contributed by atoms with Crippen molar-refractivity contribution in [1.82, 2.24) is 5.32 Å². The summed E-state index contributed by atoms with van der Waals surface area (Å²) in [5.41, 5.74) is 1.16. The van der Waals surface area contributed by atoms with E-state index in [1.165, 1.54) is 0 Å². The summed E-state index contributed by atoms with van der Waals surface area (Å²) < 4.78 is 11.5. The van der Waals surface area contributed by atoms with Crippen molar-refractivity contribution in [3.8, 4) is 11.5 Å². The molecular weight excluding hydrogens is 226 g/mol. The summed E-state index contributed by atoms with van der Waals surface area (Å²) in [6.07, 6.45) is 0.998. The Kier molecular flexibility index (Phi) is 6.58. The van der Waals surface area contributed by atoms with Gasteiger partial charge in [-0.15, -0.1) is 0 Å². The van der Waals surface area contributed by atoms with Crippen molar-refractivity contribution in [1.29, 1.82) is 0 Å². The zero-order chi connectivity index (χ0) is 13.4. The summed E-state index contributed by atoms with van der Waals surface area (Å²) in [6, 6.07) is 6.52. The highest BCUT2D eigenvalue weighted by Crippen LogP contribution is 2.31. The summed E-state index contributed by atoms with van der Waals surface area (Å²) in [5.74, 6) is 1.73. The zero-order valence-corrected chi connectivity index (χ0v) is 12.0. The Labute approximate surface area is 110 Å². The molecule has 1 aromatic rings. The van der Waals surface area contributed by atoms with Gasteiger partial charge in [0.05, 0.1) is 13.2 Å². The first kappa shape index (κ1) is 14.8. The fourth-order valence-corrected chi connectivity index (χ4v) is 1.65. The number of hydrogen-bond donors (Lipinski definition) is 1. The van der Waals surface area contributed by atoms with Crippen LogP contribution in [0.15, 0.2) is 18.2 Å². The molecule has 0 saturated carbocycles. The summed E-state index contributed by atoms with van der Waals surface area (Å²) >= 11 is 0. The van der Waals surface area contributed by atoms with E-state index in [0.29, 0.717) is 12.6 Å².